The van der Waals surface area contributed by atoms with E-state index in [9.17, 15) is 4.79 Å². The molecule has 0 aromatic carbocycles. The van der Waals surface area contributed by atoms with E-state index >= 15 is 0 Å². The molecule has 0 aliphatic rings. The molecule has 0 heterocycles. The van der Waals surface area contributed by atoms with E-state index in [4.69, 9.17) is 29.5 Å². The van der Waals surface area contributed by atoms with Crippen molar-refractivity contribution in [1.29, 1.82) is 0 Å². The van der Waals surface area contributed by atoms with Gasteiger partial charge in [-0.25, -0.2) is 5.84 Å². The standard InChI is InChI=1S/C11H24N2O6/c1-15-3-4-17-5-6-18-7-8-19-10(9-16-2)11(14)13-12/h10H,3-9,12H2,1-2H3,(H,13,14). The van der Waals surface area contributed by atoms with E-state index in [1.54, 1.807) is 7.11 Å². The number of carbonyl (C=O) groups excluding carboxylic acids is 1. The SMILES string of the molecule is COCCOCCOCCOC(COC)C(=O)NN. The highest BCUT2D eigenvalue weighted by molar-refractivity contribution is 5.80. The maximum atomic E-state index is 11.3. The smallest absolute Gasteiger partial charge is 0.265 e. The number of hydrogen-bond acceptors (Lipinski definition) is 7. The quantitative estimate of drug-likeness (QED) is 0.187. The summed E-state index contributed by atoms with van der Waals surface area (Å²) in [4.78, 5) is 11.3. The van der Waals surface area contributed by atoms with Gasteiger partial charge in [0.25, 0.3) is 5.91 Å². The van der Waals surface area contributed by atoms with Crippen molar-refractivity contribution < 1.29 is 28.5 Å². The Hall–Kier alpha value is -0.770. The molecule has 0 aromatic heterocycles. The van der Waals surface area contributed by atoms with Crippen LogP contribution < -0.4 is 11.3 Å². The molecule has 0 bridgehead atoms. The highest BCUT2D eigenvalue weighted by atomic mass is 16.6. The van der Waals surface area contributed by atoms with Crippen molar-refractivity contribution in [3.63, 3.8) is 0 Å². The summed E-state index contributed by atoms with van der Waals surface area (Å²) in [6, 6.07) is 0. The number of hydrogen-bond donors (Lipinski definition) is 2. The van der Waals surface area contributed by atoms with Crippen LogP contribution in [0.25, 0.3) is 0 Å². The molecule has 1 atom stereocenters. The number of rotatable bonds is 13. The lowest BCUT2D eigenvalue weighted by molar-refractivity contribution is -0.137. The second-order valence-electron chi connectivity index (χ2n) is 3.54. The van der Waals surface area contributed by atoms with Crippen LogP contribution in [0.2, 0.25) is 0 Å². The lowest BCUT2D eigenvalue weighted by Crippen LogP contribution is -2.43. The van der Waals surface area contributed by atoms with Crippen LogP contribution in [-0.2, 0) is 28.5 Å². The number of nitrogens with one attached hydrogen (secondary N) is 1. The van der Waals surface area contributed by atoms with Crippen LogP contribution in [0.4, 0.5) is 0 Å². The van der Waals surface area contributed by atoms with Crippen LogP contribution in [-0.4, -0.2) is 72.5 Å². The number of amides is 1. The van der Waals surface area contributed by atoms with Crippen LogP contribution in [0.5, 0.6) is 0 Å². The van der Waals surface area contributed by atoms with Gasteiger partial charge in [0.1, 0.15) is 0 Å². The molecule has 0 rings (SSSR count). The lowest BCUT2D eigenvalue weighted by atomic mass is 10.3. The molecule has 0 radical (unpaired) electrons. The largest absolute Gasteiger partial charge is 0.382 e. The summed E-state index contributed by atoms with van der Waals surface area (Å²) in [7, 11) is 3.10. The third-order valence-corrected chi connectivity index (χ3v) is 2.10. The Labute approximate surface area is 113 Å². The lowest BCUT2D eigenvalue weighted by Gasteiger charge is -2.15. The molecule has 0 saturated heterocycles. The molecule has 8 heteroatoms. The molecule has 0 aliphatic heterocycles. The molecule has 8 nitrogen and oxygen atoms in total. The van der Waals surface area contributed by atoms with Crippen LogP contribution in [0.1, 0.15) is 0 Å². The molecule has 0 aliphatic carbocycles. The Kier molecular flexibility index (Phi) is 13.1. The average molecular weight is 280 g/mol. The molecule has 19 heavy (non-hydrogen) atoms. The van der Waals surface area contributed by atoms with E-state index in [2.05, 4.69) is 0 Å². The van der Waals surface area contributed by atoms with Gasteiger partial charge in [-0.15, -0.1) is 0 Å². The summed E-state index contributed by atoms with van der Waals surface area (Å²) in [5.41, 5.74) is 2.01. The fourth-order valence-electron chi connectivity index (χ4n) is 1.16. The summed E-state index contributed by atoms with van der Waals surface area (Å²) in [6.07, 6.45) is -0.725. The minimum absolute atomic E-state index is 0.142. The topological polar surface area (TPSA) is 101 Å². The summed E-state index contributed by atoms with van der Waals surface area (Å²) in [6.45, 7) is 2.85. The molecule has 0 aromatic rings. The Bertz CT molecular complexity index is 217. The average Bonchev–Trinajstić information content (AvgIpc) is 2.43. The highest BCUT2D eigenvalue weighted by Crippen LogP contribution is 1.93. The number of hydrazine groups is 1. The van der Waals surface area contributed by atoms with Gasteiger partial charge in [0.15, 0.2) is 6.10 Å². The zero-order valence-electron chi connectivity index (χ0n) is 11.6. The molecular formula is C11H24N2O6. The number of carbonyl (C=O) groups is 1. The van der Waals surface area contributed by atoms with Crippen molar-refractivity contribution in [3.05, 3.63) is 0 Å². The third kappa shape index (κ3) is 10.8. The zero-order chi connectivity index (χ0) is 14.3. The molecule has 0 fully saturated rings. The van der Waals surface area contributed by atoms with Gasteiger partial charge in [0, 0.05) is 14.2 Å². The van der Waals surface area contributed by atoms with Gasteiger partial charge in [0.05, 0.1) is 46.2 Å². The number of nitrogens with two attached hydrogens (primary N) is 1. The minimum Gasteiger partial charge on any atom is -0.382 e. The third-order valence-electron chi connectivity index (χ3n) is 2.10. The first-order chi connectivity index (χ1) is 9.26. The van der Waals surface area contributed by atoms with E-state index in [0.717, 1.165) is 0 Å². The van der Waals surface area contributed by atoms with E-state index in [-0.39, 0.29) is 13.2 Å². The molecule has 1 unspecified atom stereocenters. The van der Waals surface area contributed by atoms with Gasteiger partial charge in [-0.1, -0.05) is 0 Å². The first kappa shape index (κ1) is 18.2. The van der Waals surface area contributed by atoms with E-state index in [0.29, 0.717) is 33.0 Å². The van der Waals surface area contributed by atoms with Gasteiger partial charge < -0.3 is 23.7 Å². The first-order valence-corrected chi connectivity index (χ1v) is 6.01. The summed E-state index contributed by atoms with van der Waals surface area (Å²) in [5, 5.41) is 0. The van der Waals surface area contributed by atoms with Crippen molar-refractivity contribution in [1.82, 2.24) is 5.43 Å². The normalized spacial score (nSPS) is 12.4. The van der Waals surface area contributed by atoms with Crippen molar-refractivity contribution in [2.75, 3.05) is 60.5 Å². The Morgan fingerprint density at radius 3 is 2.11 bits per heavy atom. The fourth-order valence-corrected chi connectivity index (χ4v) is 1.16. The summed E-state index contributed by atoms with van der Waals surface area (Å²) >= 11 is 0. The molecule has 1 amide bonds. The Balaban J connectivity index is 3.42. The van der Waals surface area contributed by atoms with Crippen molar-refractivity contribution in [2.24, 2.45) is 5.84 Å². The first-order valence-electron chi connectivity index (χ1n) is 6.01. The Morgan fingerprint density at radius 1 is 1.00 bits per heavy atom. The predicted octanol–water partition coefficient (Wildman–Crippen LogP) is -1.31. The van der Waals surface area contributed by atoms with E-state index < -0.39 is 12.0 Å². The predicted molar refractivity (Wildman–Crippen MR) is 67.5 cm³/mol. The van der Waals surface area contributed by atoms with Crippen LogP contribution in [0.3, 0.4) is 0 Å². The van der Waals surface area contributed by atoms with E-state index in [1.165, 1.54) is 7.11 Å². The number of ether oxygens (including phenoxy) is 5. The maximum absolute atomic E-state index is 11.3. The number of methoxy groups -OCH3 is 2. The van der Waals surface area contributed by atoms with Gasteiger partial charge in [0.2, 0.25) is 0 Å². The molecule has 114 valence electrons. The van der Waals surface area contributed by atoms with Crippen molar-refractivity contribution >= 4 is 5.91 Å². The van der Waals surface area contributed by atoms with Crippen molar-refractivity contribution in [2.45, 2.75) is 6.10 Å². The highest BCUT2D eigenvalue weighted by Gasteiger charge is 2.17. The van der Waals surface area contributed by atoms with Crippen LogP contribution in [0, 0.1) is 0 Å². The second kappa shape index (κ2) is 13.7. The molecule has 0 spiro atoms. The second-order valence-corrected chi connectivity index (χ2v) is 3.54. The van der Waals surface area contributed by atoms with Gasteiger partial charge in [-0.2, -0.15) is 0 Å². The Morgan fingerprint density at radius 2 is 1.58 bits per heavy atom. The van der Waals surface area contributed by atoms with Crippen LogP contribution in [0.15, 0.2) is 0 Å². The van der Waals surface area contributed by atoms with Gasteiger partial charge >= 0.3 is 0 Å². The van der Waals surface area contributed by atoms with E-state index in [1.807, 2.05) is 5.43 Å². The fraction of sp³-hybridized carbons (Fsp3) is 0.909. The molecule has 3 N–H and O–H groups in total. The summed E-state index contributed by atoms with van der Waals surface area (Å²) in [5.74, 6) is 4.59. The minimum atomic E-state index is -0.725. The monoisotopic (exact) mass is 280 g/mol. The van der Waals surface area contributed by atoms with Gasteiger partial charge in [-0.3, -0.25) is 10.2 Å². The van der Waals surface area contributed by atoms with Crippen molar-refractivity contribution in [3.8, 4) is 0 Å². The molecule has 0 saturated carbocycles. The van der Waals surface area contributed by atoms with Gasteiger partial charge in [-0.05, 0) is 0 Å². The maximum Gasteiger partial charge on any atom is 0.265 e. The summed E-state index contributed by atoms with van der Waals surface area (Å²) < 4.78 is 25.4. The zero-order valence-corrected chi connectivity index (χ0v) is 11.6. The molecular weight excluding hydrogens is 256 g/mol. The van der Waals surface area contributed by atoms with Crippen LogP contribution >= 0.6 is 0 Å².